The molecule has 0 fully saturated rings. The van der Waals surface area contributed by atoms with Crippen molar-refractivity contribution >= 4 is 17.2 Å². The summed E-state index contributed by atoms with van der Waals surface area (Å²) in [7, 11) is 0. The number of hydrogen-bond acceptors (Lipinski definition) is 5. The molecule has 1 aromatic carbocycles. The van der Waals surface area contributed by atoms with Gasteiger partial charge in [0.15, 0.2) is 0 Å². The van der Waals surface area contributed by atoms with Crippen molar-refractivity contribution in [2.45, 2.75) is 25.9 Å². The molecule has 1 atom stereocenters. The molecule has 0 aliphatic carbocycles. The monoisotopic (exact) mass is 367 g/mol. The van der Waals surface area contributed by atoms with Crippen LogP contribution in [0.25, 0.3) is 0 Å². The van der Waals surface area contributed by atoms with Crippen molar-refractivity contribution in [2.24, 2.45) is 0 Å². The van der Waals surface area contributed by atoms with Crippen molar-refractivity contribution in [3.8, 4) is 0 Å². The average molecular weight is 367 g/mol. The number of benzene rings is 1. The zero-order valence-corrected chi connectivity index (χ0v) is 15.5. The molecule has 134 valence electrons. The number of carbonyl (C=O) groups is 1. The van der Waals surface area contributed by atoms with Crippen LogP contribution in [-0.4, -0.2) is 29.1 Å². The molecule has 0 spiro atoms. The molecule has 0 bridgehead atoms. The molecule has 1 aliphatic rings. The molecule has 4 rings (SSSR count). The number of nitrogens with one attached hydrogen (secondary N) is 1. The van der Waals surface area contributed by atoms with E-state index < -0.39 is 0 Å². The van der Waals surface area contributed by atoms with E-state index in [1.54, 1.807) is 13.0 Å². The maximum atomic E-state index is 12.4. The topological polar surface area (TPSA) is 58.4 Å². The molecule has 1 amide bonds. The van der Waals surface area contributed by atoms with Crippen LogP contribution in [0.5, 0.6) is 0 Å². The van der Waals surface area contributed by atoms with Crippen molar-refractivity contribution < 1.29 is 9.32 Å². The lowest BCUT2D eigenvalue weighted by atomic mass is 10.0. The molecule has 2 aromatic heterocycles. The van der Waals surface area contributed by atoms with Gasteiger partial charge in [-0.3, -0.25) is 9.69 Å². The standard InChI is InChI=1S/C20H21N3O2S/c1-14-11-18(25-22-14)20(24)21-12-17(15-5-3-2-4-6-15)23-9-7-19-16(13-23)8-10-26-19/h2-6,8,10-11,17H,7,9,12-13H2,1H3,(H,21,24). The first-order valence-corrected chi connectivity index (χ1v) is 9.64. The highest BCUT2D eigenvalue weighted by Crippen LogP contribution is 2.30. The second-order valence-electron chi connectivity index (χ2n) is 6.56. The number of carbonyl (C=O) groups excluding carboxylic acids is 1. The highest BCUT2D eigenvalue weighted by molar-refractivity contribution is 7.10. The Morgan fingerprint density at radius 2 is 2.19 bits per heavy atom. The maximum absolute atomic E-state index is 12.4. The summed E-state index contributed by atoms with van der Waals surface area (Å²) >= 11 is 1.84. The SMILES string of the molecule is Cc1cc(C(=O)NCC(c2ccccc2)N2CCc3sccc3C2)on1. The van der Waals surface area contributed by atoms with Crippen LogP contribution in [0.2, 0.25) is 0 Å². The highest BCUT2D eigenvalue weighted by atomic mass is 32.1. The van der Waals surface area contributed by atoms with E-state index in [1.807, 2.05) is 29.5 Å². The molecule has 6 heteroatoms. The second-order valence-corrected chi connectivity index (χ2v) is 7.56. The third-order valence-corrected chi connectivity index (χ3v) is 5.79. The van der Waals surface area contributed by atoms with E-state index in [0.29, 0.717) is 12.2 Å². The molecule has 1 aliphatic heterocycles. The second kappa shape index (κ2) is 7.43. The number of hydrogen-bond donors (Lipinski definition) is 1. The van der Waals surface area contributed by atoms with Gasteiger partial charge in [0.2, 0.25) is 5.76 Å². The summed E-state index contributed by atoms with van der Waals surface area (Å²) in [5, 5.41) is 8.97. The molecule has 3 heterocycles. The molecule has 3 aromatic rings. The van der Waals surface area contributed by atoms with Crippen molar-refractivity contribution in [1.29, 1.82) is 0 Å². The predicted octanol–water partition coefficient (Wildman–Crippen LogP) is 3.57. The predicted molar refractivity (Wildman–Crippen MR) is 101 cm³/mol. The van der Waals surface area contributed by atoms with E-state index in [4.69, 9.17) is 4.52 Å². The van der Waals surface area contributed by atoms with Gasteiger partial charge in [0.05, 0.1) is 11.7 Å². The molecule has 0 radical (unpaired) electrons. The molecular weight excluding hydrogens is 346 g/mol. The van der Waals surface area contributed by atoms with Crippen LogP contribution < -0.4 is 5.32 Å². The van der Waals surface area contributed by atoms with Gasteiger partial charge in [0, 0.05) is 30.6 Å². The minimum Gasteiger partial charge on any atom is -0.351 e. The van der Waals surface area contributed by atoms with E-state index in [0.717, 1.165) is 19.5 Å². The molecule has 0 saturated heterocycles. The van der Waals surface area contributed by atoms with Crippen molar-refractivity contribution in [2.75, 3.05) is 13.1 Å². The quantitative estimate of drug-likeness (QED) is 0.749. The molecule has 5 nitrogen and oxygen atoms in total. The van der Waals surface area contributed by atoms with Crippen molar-refractivity contribution in [1.82, 2.24) is 15.4 Å². The van der Waals surface area contributed by atoms with Gasteiger partial charge in [-0.1, -0.05) is 35.5 Å². The fraction of sp³-hybridized carbons (Fsp3) is 0.300. The smallest absolute Gasteiger partial charge is 0.289 e. The van der Waals surface area contributed by atoms with Gasteiger partial charge in [-0.15, -0.1) is 11.3 Å². The number of rotatable bonds is 5. The Kier molecular flexibility index (Phi) is 4.86. The Morgan fingerprint density at radius 1 is 1.35 bits per heavy atom. The van der Waals surface area contributed by atoms with Gasteiger partial charge in [-0.2, -0.15) is 0 Å². The van der Waals surface area contributed by atoms with Crippen LogP contribution >= 0.6 is 11.3 Å². The van der Waals surface area contributed by atoms with E-state index in [9.17, 15) is 4.79 Å². The summed E-state index contributed by atoms with van der Waals surface area (Å²) in [5.74, 6) is 0.0350. The van der Waals surface area contributed by atoms with Crippen LogP contribution in [0.4, 0.5) is 0 Å². The third kappa shape index (κ3) is 3.57. The third-order valence-electron chi connectivity index (χ3n) is 4.77. The molecule has 0 saturated carbocycles. The van der Waals surface area contributed by atoms with Crippen LogP contribution in [0.3, 0.4) is 0 Å². The van der Waals surface area contributed by atoms with E-state index in [-0.39, 0.29) is 17.7 Å². The van der Waals surface area contributed by atoms with Gasteiger partial charge in [0.1, 0.15) is 0 Å². The van der Waals surface area contributed by atoms with E-state index in [1.165, 1.54) is 16.0 Å². The fourth-order valence-electron chi connectivity index (χ4n) is 3.42. The minimum atomic E-state index is -0.222. The van der Waals surface area contributed by atoms with Gasteiger partial charge in [0.25, 0.3) is 5.91 Å². The number of nitrogens with zero attached hydrogens (tertiary/aromatic N) is 2. The Hall–Kier alpha value is -2.44. The van der Waals surface area contributed by atoms with E-state index >= 15 is 0 Å². The number of fused-ring (bicyclic) bond motifs is 1. The highest BCUT2D eigenvalue weighted by Gasteiger charge is 2.26. The molecule has 1 unspecified atom stereocenters. The first kappa shape index (κ1) is 17.0. The van der Waals surface area contributed by atoms with Gasteiger partial charge in [-0.05, 0) is 35.9 Å². The van der Waals surface area contributed by atoms with Crippen LogP contribution in [0.1, 0.15) is 38.3 Å². The Morgan fingerprint density at radius 3 is 2.96 bits per heavy atom. The average Bonchev–Trinajstić information content (AvgIpc) is 3.31. The lowest BCUT2D eigenvalue weighted by Crippen LogP contribution is -2.40. The van der Waals surface area contributed by atoms with Crippen LogP contribution in [0.15, 0.2) is 52.4 Å². The van der Waals surface area contributed by atoms with Crippen molar-refractivity contribution in [3.63, 3.8) is 0 Å². The summed E-state index contributed by atoms with van der Waals surface area (Å²) in [5.41, 5.74) is 3.32. The molecule has 26 heavy (non-hydrogen) atoms. The molecule has 1 N–H and O–H groups in total. The lowest BCUT2D eigenvalue weighted by Gasteiger charge is -2.35. The Labute approximate surface area is 156 Å². The Bertz CT molecular complexity index is 887. The van der Waals surface area contributed by atoms with Crippen LogP contribution in [-0.2, 0) is 13.0 Å². The Balaban J connectivity index is 1.51. The van der Waals surface area contributed by atoms with Crippen LogP contribution in [0, 0.1) is 6.92 Å². The first-order chi connectivity index (χ1) is 12.7. The summed E-state index contributed by atoms with van der Waals surface area (Å²) < 4.78 is 5.07. The molecular formula is C20H21N3O2S. The zero-order chi connectivity index (χ0) is 17.9. The number of aromatic nitrogens is 1. The maximum Gasteiger partial charge on any atom is 0.289 e. The summed E-state index contributed by atoms with van der Waals surface area (Å²) in [6.45, 7) is 4.24. The lowest BCUT2D eigenvalue weighted by molar-refractivity contribution is 0.0891. The fourth-order valence-corrected chi connectivity index (χ4v) is 4.31. The van der Waals surface area contributed by atoms with E-state index in [2.05, 4.69) is 39.0 Å². The van der Waals surface area contributed by atoms with Gasteiger partial charge >= 0.3 is 0 Å². The first-order valence-electron chi connectivity index (χ1n) is 8.76. The summed E-state index contributed by atoms with van der Waals surface area (Å²) in [6.07, 6.45) is 1.06. The van der Waals surface area contributed by atoms with Crippen molar-refractivity contribution in [3.05, 3.63) is 75.3 Å². The summed E-state index contributed by atoms with van der Waals surface area (Å²) in [4.78, 5) is 16.3. The number of amides is 1. The number of aryl methyl sites for hydroxylation is 1. The largest absolute Gasteiger partial charge is 0.351 e. The van der Waals surface area contributed by atoms with Gasteiger partial charge < -0.3 is 9.84 Å². The summed E-state index contributed by atoms with van der Waals surface area (Å²) in [6, 6.07) is 14.3. The minimum absolute atomic E-state index is 0.122. The van der Waals surface area contributed by atoms with Gasteiger partial charge in [-0.25, -0.2) is 0 Å². The number of thiophene rings is 1. The normalized spacial score (nSPS) is 15.4. The zero-order valence-electron chi connectivity index (χ0n) is 14.6.